The second-order valence-corrected chi connectivity index (χ2v) is 4.63. The van der Waals surface area contributed by atoms with Crippen LogP contribution in [-0.4, -0.2) is 40.5 Å². The number of anilines is 2. The summed E-state index contributed by atoms with van der Waals surface area (Å²) in [4.78, 5) is 10.8. The van der Waals surface area contributed by atoms with Crippen LogP contribution in [0.25, 0.3) is 0 Å². The van der Waals surface area contributed by atoms with Crippen molar-refractivity contribution in [1.29, 1.82) is 0 Å². The monoisotopic (exact) mass is 235 g/mol. The zero-order chi connectivity index (χ0) is 12.1. The van der Waals surface area contributed by atoms with Gasteiger partial charge >= 0.3 is 0 Å². The van der Waals surface area contributed by atoms with Crippen LogP contribution in [0.1, 0.15) is 26.2 Å². The van der Waals surface area contributed by atoms with Gasteiger partial charge in [0.15, 0.2) is 0 Å². The molecule has 0 saturated carbocycles. The number of hydrogen-bond acceptors (Lipinski definition) is 5. The minimum atomic E-state index is 0.508. The Balaban J connectivity index is 1.80. The van der Waals surface area contributed by atoms with Crippen LogP contribution >= 0.6 is 0 Å². The van der Waals surface area contributed by atoms with Crippen LogP contribution in [0.5, 0.6) is 0 Å². The summed E-state index contributed by atoms with van der Waals surface area (Å²) in [5.74, 6) is 1.13. The van der Waals surface area contributed by atoms with Crippen LogP contribution in [0.15, 0.2) is 12.3 Å². The molecule has 0 aromatic carbocycles. The van der Waals surface area contributed by atoms with Gasteiger partial charge < -0.3 is 11.1 Å². The summed E-state index contributed by atoms with van der Waals surface area (Å²) in [5, 5.41) is 3.24. The Morgan fingerprint density at radius 1 is 1.41 bits per heavy atom. The fourth-order valence-electron chi connectivity index (χ4n) is 2.19. The van der Waals surface area contributed by atoms with Gasteiger partial charge in [-0.2, -0.15) is 4.98 Å². The van der Waals surface area contributed by atoms with E-state index >= 15 is 0 Å². The molecule has 5 nitrogen and oxygen atoms in total. The maximum absolute atomic E-state index is 5.61. The van der Waals surface area contributed by atoms with Gasteiger partial charge in [0.05, 0.1) is 0 Å². The molecular formula is C12H21N5. The lowest BCUT2D eigenvalue weighted by Crippen LogP contribution is -2.41. The number of nitrogens with one attached hydrogen (secondary N) is 1. The van der Waals surface area contributed by atoms with E-state index < -0.39 is 0 Å². The van der Waals surface area contributed by atoms with E-state index in [0.29, 0.717) is 17.8 Å². The molecule has 0 amide bonds. The van der Waals surface area contributed by atoms with Crippen molar-refractivity contribution >= 4 is 11.8 Å². The van der Waals surface area contributed by atoms with Crippen molar-refractivity contribution in [3.8, 4) is 0 Å². The van der Waals surface area contributed by atoms with Crippen molar-refractivity contribution in [1.82, 2.24) is 14.9 Å². The van der Waals surface area contributed by atoms with Crippen LogP contribution in [0.4, 0.5) is 11.8 Å². The van der Waals surface area contributed by atoms with E-state index in [1.165, 1.54) is 32.4 Å². The molecule has 2 rings (SSSR count). The van der Waals surface area contributed by atoms with Crippen molar-refractivity contribution in [3.63, 3.8) is 0 Å². The minimum absolute atomic E-state index is 0.508. The summed E-state index contributed by atoms with van der Waals surface area (Å²) in [6, 6.07) is 2.21. The molecule has 2 heterocycles. The van der Waals surface area contributed by atoms with E-state index in [4.69, 9.17) is 5.73 Å². The summed E-state index contributed by atoms with van der Waals surface area (Å²) in [6.45, 7) is 5.52. The third-order valence-electron chi connectivity index (χ3n) is 3.25. The van der Waals surface area contributed by atoms with Gasteiger partial charge in [-0.25, -0.2) is 4.98 Å². The number of hydrogen-bond donors (Lipinski definition) is 2. The van der Waals surface area contributed by atoms with Crippen LogP contribution < -0.4 is 11.1 Å². The predicted molar refractivity (Wildman–Crippen MR) is 69.8 cm³/mol. The van der Waals surface area contributed by atoms with Gasteiger partial charge in [0.25, 0.3) is 0 Å². The molecule has 0 aliphatic carbocycles. The maximum atomic E-state index is 5.61. The molecule has 0 spiro atoms. The SMILES string of the molecule is CC(CNc1nccc(N)n1)N1CCCCC1. The number of rotatable bonds is 4. The summed E-state index contributed by atoms with van der Waals surface area (Å²) in [7, 11) is 0. The summed E-state index contributed by atoms with van der Waals surface area (Å²) in [5.41, 5.74) is 5.61. The first-order chi connectivity index (χ1) is 8.25. The number of nitrogen functional groups attached to an aromatic ring is 1. The average molecular weight is 235 g/mol. The quantitative estimate of drug-likeness (QED) is 0.824. The first kappa shape index (κ1) is 12.1. The molecule has 1 aromatic rings. The first-order valence-corrected chi connectivity index (χ1v) is 6.32. The number of nitrogens with zero attached hydrogens (tertiary/aromatic N) is 3. The molecule has 1 aliphatic heterocycles. The standard InChI is InChI=1S/C12H21N5/c1-10(17-7-3-2-4-8-17)9-15-12-14-6-5-11(13)16-12/h5-6,10H,2-4,7-9H2,1H3,(H3,13,14,15,16). The van der Waals surface area contributed by atoms with Gasteiger partial charge in [-0.05, 0) is 38.9 Å². The zero-order valence-corrected chi connectivity index (χ0v) is 10.4. The number of piperidine rings is 1. The fourth-order valence-corrected chi connectivity index (χ4v) is 2.19. The maximum Gasteiger partial charge on any atom is 0.224 e. The van der Waals surface area contributed by atoms with Crippen LogP contribution in [0, 0.1) is 0 Å². The lowest BCUT2D eigenvalue weighted by atomic mass is 10.1. The van der Waals surface area contributed by atoms with Gasteiger partial charge in [-0.15, -0.1) is 0 Å². The third-order valence-corrected chi connectivity index (χ3v) is 3.25. The molecule has 1 atom stereocenters. The molecule has 1 aromatic heterocycles. The topological polar surface area (TPSA) is 67.1 Å². The summed E-state index contributed by atoms with van der Waals surface area (Å²) in [6.07, 6.45) is 5.68. The fraction of sp³-hybridized carbons (Fsp3) is 0.667. The summed E-state index contributed by atoms with van der Waals surface area (Å²) >= 11 is 0. The Hall–Kier alpha value is -1.36. The van der Waals surface area contributed by atoms with E-state index in [9.17, 15) is 0 Å². The highest BCUT2D eigenvalue weighted by Crippen LogP contribution is 2.12. The lowest BCUT2D eigenvalue weighted by Gasteiger charge is -2.32. The smallest absolute Gasteiger partial charge is 0.224 e. The number of aromatic nitrogens is 2. The van der Waals surface area contributed by atoms with E-state index in [0.717, 1.165) is 6.54 Å². The molecule has 1 saturated heterocycles. The highest BCUT2D eigenvalue weighted by atomic mass is 15.2. The molecule has 3 N–H and O–H groups in total. The first-order valence-electron chi connectivity index (χ1n) is 6.32. The van der Waals surface area contributed by atoms with Gasteiger partial charge in [-0.3, -0.25) is 4.90 Å². The van der Waals surface area contributed by atoms with Gasteiger partial charge in [0, 0.05) is 18.8 Å². The Kier molecular flexibility index (Phi) is 4.14. The Labute approximate surface area is 102 Å². The van der Waals surface area contributed by atoms with Crippen LogP contribution in [0.3, 0.4) is 0 Å². The third kappa shape index (κ3) is 3.56. The zero-order valence-electron chi connectivity index (χ0n) is 10.4. The summed E-state index contributed by atoms with van der Waals surface area (Å²) < 4.78 is 0. The van der Waals surface area contributed by atoms with Gasteiger partial charge in [0.2, 0.25) is 5.95 Å². The van der Waals surface area contributed by atoms with Crippen molar-refractivity contribution < 1.29 is 0 Å². The van der Waals surface area contributed by atoms with Crippen LogP contribution in [0.2, 0.25) is 0 Å². The van der Waals surface area contributed by atoms with Crippen LogP contribution in [-0.2, 0) is 0 Å². The molecule has 0 radical (unpaired) electrons. The van der Waals surface area contributed by atoms with E-state index in [1.807, 2.05) is 0 Å². The largest absolute Gasteiger partial charge is 0.384 e. The number of likely N-dealkylation sites (tertiary alicyclic amines) is 1. The molecular weight excluding hydrogens is 214 g/mol. The Bertz CT molecular complexity index is 349. The molecule has 1 aliphatic rings. The molecule has 0 bridgehead atoms. The Morgan fingerprint density at radius 2 is 2.18 bits per heavy atom. The van der Waals surface area contributed by atoms with E-state index in [-0.39, 0.29) is 0 Å². The van der Waals surface area contributed by atoms with Crippen molar-refractivity contribution in [2.45, 2.75) is 32.2 Å². The Morgan fingerprint density at radius 3 is 2.88 bits per heavy atom. The van der Waals surface area contributed by atoms with Crippen molar-refractivity contribution in [2.24, 2.45) is 0 Å². The van der Waals surface area contributed by atoms with Crippen molar-refractivity contribution in [3.05, 3.63) is 12.3 Å². The van der Waals surface area contributed by atoms with Gasteiger partial charge in [0.1, 0.15) is 5.82 Å². The molecule has 1 unspecified atom stereocenters. The second kappa shape index (κ2) is 5.82. The second-order valence-electron chi connectivity index (χ2n) is 4.63. The average Bonchev–Trinajstić information content (AvgIpc) is 2.37. The van der Waals surface area contributed by atoms with E-state index in [2.05, 4.69) is 27.1 Å². The lowest BCUT2D eigenvalue weighted by molar-refractivity contribution is 0.180. The highest BCUT2D eigenvalue weighted by Gasteiger charge is 2.16. The predicted octanol–water partition coefficient (Wildman–Crippen LogP) is 1.35. The molecule has 94 valence electrons. The van der Waals surface area contributed by atoms with Gasteiger partial charge in [-0.1, -0.05) is 6.42 Å². The molecule has 5 heteroatoms. The highest BCUT2D eigenvalue weighted by molar-refractivity contribution is 5.34. The van der Waals surface area contributed by atoms with E-state index in [1.54, 1.807) is 12.3 Å². The van der Waals surface area contributed by atoms with Crippen molar-refractivity contribution in [2.75, 3.05) is 30.7 Å². The minimum Gasteiger partial charge on any atom is -0.384 e. The molecule has 1 fully saturated rings. The molecule has 17 heavy (non-hydrogen) atoms. The normalized spacial score (nSPS) is 18.9. The number of nitrogens with two attached hydrogens (primary N) is 1.